The van der Waals surface area contributed by atoms with Crippen LogP contribution in [0.25, 0.3) is 11.0 Å². The van der Waals surface area contributed by atoms with Gasteiger partial charge in [-0.3, -0.25) is 0 Å². The molecule has 17 heavy (non-hydrogen) atoms. The van der Waals surface area contributed by atoms with E-state index in [0.29, 0.717) is 17.7 Å². The molecule has 3 rings (SSSR count). The quantitative estimate of drug-likeness (QED) is 0.846. The van der Waals surface area contributed by atoms with E-state index in [9.17, 15) is 0 Å². The molecule has 0 bridgehead atoms. The second-order valence-electron chi connectivity index (χ2n) is 4.72. The molecule has 1 aliphatic rings. The van der Waals surface area contributed by atoms with Crippen molar-refractivity contribution in [1.29, 1.82) is 0 Å². The van der Waals surface area contributed by atoms with Crippen molar-refractivity contribution < 1.29 is 0 Å². The zero-order chi connectivity index (χ0) is 11.8. The van der Waals surface area contributed by atoms with Gasteiger partial charge in [0.05, 0.1) is 11.0 Å². The maximum absolute atomic E-state index is 5.92. The van der Waals surface area contributed by atoms with Crippen molar-refractivity contribution in [3.8, 4) is 0 Å². The number of nitrogens with one attached hydrogen (secondary N) is 1. The standard InChI is InChI=1S/C13H16N4/c1-8(9-6-7-9)15-13-12(14)16-10-4-2-3-5-11(10)17-13/h2-5,8-9H,6-7H2,1H3,(H2,14,16)(H,15,17). The third-order valence-electron chi connectivity index (χ3n) is 3.29. The van der Waals surface area contributed by atoms with Gasteiger partial charge >= 0.3 is 0 Å². The first-order chi connectivity index (χ1) is 8.24. The normalized spacial score (nSPS) is 17.0. The highest BCUT2D eigenvalue weighted by molar-refractivity contribution is 5.79. The molecule has 1 aliphatic carbocycles. The molecule has 1 aromatic heterocycles. The molecular weight excluding hydrogens is 212 g/mol. The Morgan fingerprint density at radius 2 is 1.88 bits per heavy atom. The average molecular weight is 228 g/mol. The van der Waals surface area contributed by atoms with Gasteiger partial charge < -0.3 is 11.1 Å². The van der Waals surface area contributed by atoms with Crippen molar-refractivity contribution in [2.45, 2.75) is 25.8 Å². The van der Waals surface area contributed by atoms with Gasteiger partial charge in [-0.05, 0) is 37.8 Å². The van der Waals surface area contributed by atoms with Gasteiger partial charge in [0.1, 0.15) is 0 Å². The number of fused-ring (bicyclic) bond motifs is 1. The molecule has 1 unspecified atom stereocenters. The lowest BCUT2D eigenvalue weighted by Crippen LogP contribution is -2.19. The fourth-order valence-corrected chi connectivity index (χ4v) is 2.05. The molecule has 4 nitrogen and oxygen atoms in total. The highest BCUT2D eigenvalue weighted by Crippen LogP contribution is 2.34. The van der Waals surface area contributed by atoms with Crippen LogP contribution >= 0.6 is 0 Å². The molecule has 0 spiro atoms. The molecule has 0 radical (unpaired) electrons. The van der Waals surface area contributed by atoms with Gasteiger partial charge in [-0.25, -0.2) is 9.97 Å². The Balaban J connectivity index is 1.94. The number of aromatic nitrogens is 2. The fourth-order valence-electron chi connectivity index (χ4n) is 2.05. The molecule has 1 atom stereocenters. The first-order valence-electron chi connectivity index (χ1n) is 6.03. The molecular formula is C13H16N4. The van der Waals surface area contributed by atoms with E-state index < -0.39 is 0 Å². The van der Waals surface area contributed by atoms with Gasteiger partial charge in [0, 0.05) is 6.04 Å². The SMILES string of the molecule is CC(Nc1nc2ccccc2nc1N)C1CC1. The number of nitrogens with zero attached hydrogens (tertiary/aromatic N) is 2. The first kappa shape index (κ1) is 10.3. The summed E-state index contributed by atoms with van der Waals surface area (Å²) in [5.41, 5.74) is 7.64. The number of nitrogens with two attached hydrogens (primary N) is 1. The van der Waals surface area contributed by atoms with Crippen molar-refractivity contribution in [1.82, 2.24) is 9.97 Å². The van der Waals surface area contributed by atoms with Crippen molar-refractivity contribution in [3.63, 3.8) is 0 Å². The lowest BCUT2D eigenvalue weighted by molar-refractivity contribution is 0.691. The van der Waals surface area contributed by atoms with Gasteiger partial charge in [-0.1, -0.05) is 12.1 Å². The molecule has 3 N–H and O–H groups in total. The highest BCUT2D eigenvalue weighted by Gasteiger charge is 2.28. The molecule has 1 saturated carbocycles. The summed E-state index contributed by atoms with van der Waals surface area (Å²) in [5.74, 6) is 1.96. The number of benzene rings is 1. The van der Waals surface area contributed by atoms with Crippen LogP contribution in [0.15, 0.2) is 24.3 Å². The minimum absolute atomic E-state index is 0.424. The second-order valence-corrected chi connectivity index (χ2v) is 4.72. The lowest BCUT2D eigenvalue weighted by atomic mass is 10.2. The minimum Gasteiger partial charge on any atom is -0.381 e. The number of para-hydroxylation sites is 2. The first-order valence-corrected chi connectivity index (χ1v) is 6.03. The van der Waals surface area contributed by atoms with Crippen LogP contribution in [0.1, 0.15) is 19.8 Å². The Hall–Kier alpha value is -1.84. The molecule has 2 aromatic rings. The third-order valence-corrected chi connectivity index (χ3v) is 3.29. The largest absolute Gasteiger partial charge is 0.381 e. The van der Waals surface area contributed by atoms with Crippen LogP contribution in [0.4, 0.5) is 11.6 Å². The average Bonchev–Trinajstić information content (AvgIpc) is 3.14. The van der Waals surface area contributed by atoms with Crippen LogP contribution in [0.3, 0.4) is 0 Å². The fraction of sp³-hybridized carbons (Fsp3) is 0.385. The molecule has 0 aliphatic heterocycles. The smallest absolute Gasteiger partial charge is 0.169 e. The summed E-state index contributed by atoms with van der Waals surface area (Å²) in [6, 6.07) is 8.20. The zero-order valence-corrected chi connectivity index (χ0v) is 9.85. The second kappa shape index (κ2) is 3.87. The van der Waals surface area contributed by atoms with Gasteiger partial charge in [0.25, 0.3) is 0 Å². The number of anilines is 2. The van der Waals surface area contributed by atoms with E-state index in [1.165, 1.54) is 12.8 Å². The van der Waals surface area contributed by atoms with E-state index >= 15 is 0 Å². The zero-order valence-electron chi connectivity index (χ0n) is 9.85. The van der Waals surface area contributed by atoms with Crippen LogP contribution in [-0.2, 0) is 0 Å². The summed E-state index contributed by atoms with van der Waals surface area (Å²) in [5, 5.41) is 3.37. The minimum atomic E-state index is 0.424. The topological polar surface area (TPSA) is 63.8 Å². The summed E-state index contributed by atoms with van der Waals surface area (Å²) >= 11 is 0. The van der Waals surface area contributed by atoms with Gasteiger partial charge in [0.15, 0.2) is 11.6 Å². The maximum atomic E-state index is 5.92. The van der Waals surface area contributed by atoms with E-state index in [-0.39, 0.29) is 0 Å². The van der Waals surface area contributed by atoms with Crippen LogP contribution in [-0.4, -0.2) is 16.0 Å². The summed E-state index contributed by atoms with van der Waals surface area (Å²) in [6.07, 6.45) is 2.60. The van der Waals surface area contributed by atoms with E-state index in [0.717, 1.165) is 17.0 Å². The lowest BCUT2D eigenvalue weighted by Gasteiger charge is -2.15. The molecule has 1 fully saturated rings. The molecule has 4 heteroatoms. The summed E-state index contributed by atoms with van der Waals surface area (Å²) in [6.45, 7) is 2.17. The maximum Gasteiger partial charge on any atom is 0.169 e. The Bertz CT molecular complexity index is 548. The molecule has 1 heterocycles. The Morgan fingerprint density at radius 1 is 1.24 bits per heavy atom. The van der Waals surface area contributed by atoms with E-state index in [1.807, 2.05) is 24.3 Å². The monoisotopic (exact) mass is 228 g/mol. The molecule has 0 amide bonds. The van der Waals surface area contributed by atoms with Gasteiger partial charge in [0.2, 0.25) is 0 Å². The number of nitrogen functional groups attached to an aromatic ring is 1. The predicted molar refractivity (Wildman–Crippen MR) is 69.8 cm³/mol. The summed E-state index contributed by atoms with van der Waals surface area (Å²) < 4.78 is 0. The van der Waals surface area contributed by atoms with E-state index in [4.69, 9.17) is 5.73 Å². The number of rotatable bonds is 3. The molecule has 1 aromatic carbocycles. The van der Waals surface area contributed by atoms with Crippen molar-refractivity contribution in [2.24, 2.45) is 5.92 Å². The Morgan fingerprint density at radius 3 is 2.53 bits per heavy atom. The molecule has 0 saturated heterocycles. The predicted octanol–water partition coefficient (Wildman–Crippen LogP) is 2.42. The number of hydrogen-bond acceptors (Lipinski definition) is 4. The Kier molecular flexibility index (Phi) is 2.35. The van der Waals surface area contributed by atoms with Crippen LogP contribution in [0, 0.1) is 5.92 Å². The van der Waals surface area contributed by atoms with Crippen molar-refractivity contribution in [3.05, 3.63) is 24.3 Å². The van der Waals surface area contributed by atoms with Gasteiger partial charge in [-0.2, -0.15) is 0 Å². The summed E-state index contributed by atoms with van der Waals surface area (Å²) in [4.78, 5) is 8.89. The highest BCUT2D eigenvalue weighted by atomic mass is 15.1. The number of hydrogen-bond donors (Lipinski definition) is 2. The van der Waals surface area contributed by atoms with Crippen LogP contribution in [0.5, 0.6) is 0 Å². The molecule has 88 valence electrons. The van der Waals surface area contributed by atoms with Crippen LogP contribution in [0.2, 0.25) is 0 Å². The van der Waals surface area contributed by atoms with Crippen molar-refractivity contribution >= 4 is 22.7 Å². The van der Waals surface area contributed by atoms with Crippen LogP contribution < -0.4 is 11.1 Å². The van der Waals surface area contributed by atoms with E-state index in [2.05, 4.69) is 22.2 Å². The summed E-state index contributed by atoms with van der Waals surface area (Å²) in [7, 11) is 0. The Labute approximate surface area is 100 Å². The van der Waals surface area contributed by atoms with Crippen molar-refractivity contribution in [2.75, 3.05) is 11.1 Å². The van der Waals surface area contributed by atoms with E-state index in [1.54, 1.807) is 0 Å². The van der Waals surface area contributed by atoms with Gasteiger partial charge in [-0.15, -0.1) is 0 Å². The third kappa shape index (κ3) is 2.02.